The van der Waals surface area contributed by atoms with E-state index in [9.17, 15) is 0 Å². The molecule has 0 saturated carbocycles. The molecule has 0 amide bonds. The van der Waals surface area contributed by atoms with Gasteiger partial charge in [-0.2, -0.15) is 12.6 Å². The SMILES string of the molecule is CCCC(C)COCCOCCS. The van der Waals surface area contributed by atoms with Gasteiger partial charge in [0.2, 0.25) is 0 Å². The number of thiol groups is 1. The highest BCUT2D eigenvalue weighted by atomic mass is 32.1. The number of hydrogen-bond donors (Lipinski definition) is 1. The molecule has 0 heterocycles. The fraction of sp³-hybridized carbons (Fsp3) is 1.00. The maximum Gasteiger partial charge on any atom is 0.0700 e. The Bertz CT molecular complexity index is 98.9. The predicted octanol–water partition coefficient (Wildman–Crippen LogP) is 2.39. The van der Waals surface area contributed by atoms with Gasteiger partial charge >= 0.3 is 0 Å². The average Bonchev–Trinajstić information content (AvgIpc) is 2.11. The van der Waals surface area contributed by atoms with Crippen molar-refractivity contribution in [3.05, 3.63) is 0 Å². The molecule has 13 heavy (non-hydrogen) atoms. The minimum atomic E-state index is 0.676. The third-order valence-corrected chi connectivity index (χ3v) is 1.97. The molecule has 0 aliphatic carbocycles. The van der Waals surface area contributed by atoms with E-state index >= 15 is 0 Å². The summed E-state index contributed by atoms with van der Waals surface area (Å²) in [6.07, 6.45) is 2.48. The smallest absolute Gasteiger partial charge is 0.0700 e. The van der Waals surface area contributed by atoms with Crippen LogP contribution in [0.2, 0.25) is 0 Å². The summed E-state index contributed by atoms with van der Waals surface area (Å²) in [6, 6.07) is 0. The van der Waals surface area contributed by atoms with E-state index in [0.717, 1.165) is 19.0 Å². The summed E-state index contributed by atoms with van der Waals surface area (Å²) in [5, 5.41) is 0. The Kier molecular flexibility index (Phi) is 10.6. The maximum absolute atomic E-state index is 5.44. The standard InChI is InChI=1S/C10H22O2S/c1-3-4-10(2)9-12-6-5-11-7-8-13/h10,13H,3-9H2,1-2H3. The highest BCUT2D eigenvalue weighted by Crippen LogP contribution is 2.04. The molecule has 0 radical (unpaired) electrons. The molecule has 0 aromatic rings. The minimum absolute atomic E-state index is 0.676. The van der Waals surface area contributed by atoms with Gasteiger partial charge in [-0.1, -0.05) is 20.3 Å². The van der Waals surface area contributed by atoms with Crippen LogP contribution in [-0.2, 0) is 9.47 Å². The molecule has 80 valence electrons. The summed E-state index contributed by atoms with van der Waals surface area (Å²) in [4.78, 5) is 0. The van der Waals surface area contributed by atoms with Gasteiger partial charge in [0.1, 0.15) is 0 Å². The Morgan fingerprint density at radius 1 is 1.15 bits per heavy atom. The van der Waals surface area contributed by atoms with Crippen LogP contribution < -0.4 is 0 Å². The van der Waals surface area contributed by atoms with Gasteiger partial charge < -0.3 is 9.47 Å². The molecule has 0 saturated heterocycles. The molecule has 2 nitrogen and oxygen atoms in total. The molecule has 0 aliphatic heterocycles. The first-order valence-corrected chi connectivity index (χ1v) is 5.70. The van der Waals surface area contributed by atoms with Crippen LogP contribution in [0.3, 0.4) is 0 Å². The Hall–Kier alpha value is 0.270. The monoisotopic (exact) mass is 206 g/mol. The number of rotatable bonds is 9. The molecule has 0 aliphatic rings. The van der Waals surface area contributed by atoms with Crippen molar-refractivity contribution in [2.45, 2.75) is 26.7 Å². The largest absolute Gasteiger partial charge is 0.379 e. The third kappa shape index (κ3) is 10.2. The molecule has 0 bridgehead atoms. The lowest BCUT2D eigenvalue weighted by Gasteiger charge is -2.10. The Balaban J connectivity index is 2.97. The third-order valence-electron chi connectivity index (χ3n) is 1.79. The number of hydrogen-bond acceptors (Lipinski definition) is 3. The van der Waals surface area contributed by atoms with Crippen LogP contribution in [0.5, 0.6) is 0 Å². The molecular formula is C10H22O2S. The molecule has 3 heteroatoms. The van der Waals surface area contributed by atoms with Crippen molar-refractivity contribution < 1.29 is 9.47 Å². The van der Waals surface area contributed by atoms with E-state index in [2.05, 4.69) is 26.5 Å². The maximum atomic E-state index is 5.44. The zero-order valence-corrected chi connectivity index (χ0v) is 9.69. The van der Waals surface area contributed by atoms with Crippen molar-refractivity contribution in [2.24, 2.45) is 5.92 Å². The second-order valence-electron chi connectivity index (χ2n) is 3.30. The highest BCUT2D eigenvalue weighted by Gasteiger charge is 1.99. The van der Waals surface area contributed by atoms with Gasteiger partial charge in [0.25, 0.3) is 0 Å². The van der Waals surface area contributed by atoms with Crippen LogP contribution in [-0.4, -0.2) is 32.2 Å². The van der Waals surface area contributed by atoms with Crippen LogP contribution in [0.15, 0.2) is 0 Å². The molecule has 1 unspecified atom stereocenters. The molecule has 0 aromatic heterocycles. The molecular weight excluding hydrogens is 184 g/mol. The zero-order valence-electron chi connectivity index (χ0n) is 8.79. The van der Waals surface area contributed by atoms with Crippen molar-refractivity contribution in [1.82, 2.24) is 0 Å². The van der Waals surface area contributed by atoms with Gasteiger partial charge in [0.15, 0.2) is 0 Å². The first-order valence-electron chi connectivity index (χ1n) is 5.07. The summed E-state index contributed by atoms with van der Waals surface area (Å²) < 4.78 is 10.7. The van der Waals surface area contributed by atoms with Gasteiger partial charge in [0, 0.05) is 12.4 Å². The summed E-state index contributed by atoms with van der Waals surface area (Å²) in [5.74, 6) is 1.46. The van der Waals surface area contributed by atoms with Crippen molar-refractivity contribution in [3.8, 4) is 0 Å². The van der Waals surface area contributed by atoms with Gasteiger partial charge in [-0.3, -0.25) is 0 Å². The zero-order chi connectivity index (χ0) is 9.94. The van der Waals surface area contributed by atoms with Crippen LogP contribution in [0.25, 0.3) is 0 Å². The quantitative estimate of drug-likeness (QED) is 0.461. The van der Waals surface area contributed by atoms with Crippen molar-refractivity contribution in [3.63, 3.8) is 0 Å². The van der Waals surface area contributed by atoms with Crippen molar-refractivity contribution in [2.75, 3.05) is 32.2 Å². The average molecular weight is 206 g/mol. The van der Waals surface area contributed by atoms with Gasteiger partial charge in [0.05, 0.1) is 19.8 Å². The van der Waals surface area contributed by atoms with E-state index in [4.69, 9.17) is 9.47 Å². The molecule has 0 rings (SSSR count). The van der Waals surface area contributed by atoms with Gasteiger partial charge in [-0.15, -0.1) is 0 Å². The van der Waals surface area contributed by atoms with Gasteiger partial charge in [-0.25, -0.2) is 0 Å². The Labute approximate surface area is 87.4 Å². The predicted molar refractivity (Wildman–Crippen MR) is 59.6 cm³/mol. The molecule has 0 aromatic carbocycles. The Morgan fingerprint density at radius 2 is 1.85 bits per heavy atom. The first kappa shape index (κ1) is 13.3. The summed E-state index contributed by atoms with van der Waals surface area (Å²) in [6.45, 7) is 7.40. The van der Waals surface area contributed by atoms with E-state index in [1.54, 1.807) is 0 Å². The fourth-order valence-electron chi connectivity index (χ4n) is 1.15. The van der Waals surface area contributed by atoms with E-state index in [-0.39, 0.29) is 0 Å². The second-order valence-corrected chi connectivity index (χ2v) is 3.75. The van der Waals surface area contributed by atoms with Crippen LogP contribution >= 0.6 is 12.6 Å². The molecule has 0 N–H and O–H groups in total. The molecule has 0 spiro atoms. The van der Waals surface area contributed by atoms with E-state index < -0.39 is 0 Å². The van der Waals surface area contributed by atoms with Crippen molar-refractivity contribution >= 4 is 12.6 Å². The fourth-order valence-corrected chi connectivity index (χ4v) is 1.27. The first-order chi connectivity index (χ1) is 6.31. The normalized spacial score (nSPS) is 13.2. The lowest BCUT2D eigenvalue weighted by molar-refractivity contribution is 0.0395. The second kappa shape index (κ2) is 10.4. The topological polar surface area (TPSA) is 18.5 Å². The summed E-state index contributed by atoms with van der Waals surface area (Å²) >= 11 is 4.04. The number of ether oxygens (including phenoxy) is 2. The molecule has 0 fully saturated rings. The van der Waals surface area contributed by atoms with E-state index in [1.165, 1.54) is 12.8 Å². The molecule has 1 atom stereocenters. The lowest BCUT2D eigenvalue weighted by atomic mass is 10.1. The highest BCUT2D eigenvalue weighted by molar-refractivity contribution is 7.80. The summed E-state index contributed by atoms with van der Waals surface area (Å²) in [7, 11) is 0. The van der Waals surface area contributed by atoms with Crippen molar-refractivity contribution in [1.29, 1.82) is 0 Å². The minimum Gasteiger partial charge on any atom is -0.379 e. The van der Waals surface area contributed by atoms with Crippen LogP contribution in [0, 0.1) is 5.92 Å². The van der Waals surface area contributed by atoms with Gasteiger partial charge in [-0.05, 0) is 12.3 Å². The van der Waals surface area contributed by atoms with Crippen LogP contribution in [0.4, 0.5) is 0 Å². The Morgan fingerprint density at radius 3 is 2.46 bits per heavy atom. The van der Waals surface area contributed by atoms with Crippen LogP contribution in [0.1, 0.15) is 26.7 Å². The van der Waals surface area contributed by atoms with E-state index in [1.807, 2.05) is 0 Å². The van der Waals surface area contributed by atoms with E-state index in [0.29, 0.717) is 19.1 Å². The lowest BCUT2D eigenvalue weighted by Crippen LogP contribution is -2.11. The summed E-state index contributed by atoms with van der Waals surface area (Å²) in [5.41, 5.74) is 0.